The lowest BCUT2D eigenvalue weighted by Crippen LogP contribution is -2.28. The lowest BCUT2D eigenvalue weighted by molar-refractivity contribution is -0.135. The van der Waals surface area contributed by atoms with Crippen molar-refractivity contribution in [2.24, 2.45) is 5.84 Å². The number of aliphatic carboxylic acids is 1. The van der Waals surface area contributed by atoms with Gasteiger partial charge in [0.2, 0.25) is 0 Å². The summed E-state index contributed by atoms with van der Waals surface area (Å²) in [6.45, 7) is -0.181. The standard InChI is InChI=1S/C2H6N2O2.ClH/c3-4-1-2(5)6;/h4H,1,3H2,(H,5,6);1H. The predicted molar refractivity (Wildman–Crippen MR) is 27.1 cm³/mol. The summed E-state index contributed by atoms with van der Waals surface area (Å²) in [4.78, 5) is 9.46. The van der Waals surface area contributed by atoms with E-state index in [1.807, 2.05) is 5.43 Å². The van der Waals surface area contributed by atoms with Crippen LogP contribution in [0.25, 0.3) is 0 Å². The largest absolute Gasteiger partial charge is 0.480 e. The number of halogens is 1. The van der Waals surface area contributed by atoms with Crippen LogP contribution >= 0.6 is 12.4 Å². The van der Waals surface area contributed by atoms with Gasteiger partial charge in [0.05, 0.1) is 0 Å². The highest BCUT2D eigenvalue weighted by molar-refractivity contribution is 5.85. The third-order valence-corrected chi connectivity index (χ3v) is 0.253. The Morgan fingerprint density at radius 3 is 2.29 bits per heavy atom. The van der Waals surface area contributed by atoms with Crippen molar-refractivity contribution < 1.29 is 9.90 Å². The average molecular weight is 127 g/mol. The van der Waals surface area contributed by atoms with Crippen LogP contribution in [0.4, 0.5) is 0 Å². The third-order valence-electron chi connectivity index (χ3n) is 0.253. The van der Waals surface area contributed by atoms with Gasteiger partial charge in [-0.25, -0.2) is 5.43 Å². The van der Waals surface area contributed by atoms with Gasteiger partial charge in [-0.2, -0.15) is 0 Å². The minimum absolute atomic E-state index is 0. The summed E-state index contributed by atoms with van der Waals surface area (Å²) in [5, 5.41) is 7.77. The van der Waals surface area contributed by atoms with Crippen molar-refractivity contribution in [2.45, 2.75) is 0 Å². The number of carbonyl (C=O) groups is 1. The van der Waals surface area contributed by atoms with E-state index in [9.17, 15) is 4.79 Å². The first-order valence-corrected chi connectivity index (χ1v) is 1.42. The van der Waals surface area contributed by atoms with E-state index < -0.39 is 5.97 Å². The molecule has 0 bridgehead atoms. The highest BCUT2D eigenvalue weighted by Gasteiger charge is 1.86. The van der Waals surface area contributed by atoms with Crippen molar-refractivity contribution in [1.82, 2.24) is 5.43 Å². The molecule has 4 N–H and O–H groups in total. The smallest absolute Gasteiger partial charge is 0.318 e. The van der Waals surface area contributed by atoms with Crippen molar-refractivity contribution in [2.75, 3.05) is 6.54 Å². The third kappa shape index (κ3) is 10.7. The van der Waals surface area contributed by atoms with E-state index in [1.54, 1.807) is 0 Å². The molecule has 0 spiro atoms. The molecule has 4 nitrogen and oxygen atoms in total. The number of nitrogens with two attached hydrogens (primary N) is 1. The molecule has 0 rings (SSSR count). The van der Waals surface area contributed by atoms with Gasteiger partial charge in [-0.05, 0) is 0 Å². The van der Waals surface area contributed by atoms with Crippen LogP contribution in [0.2, 0.25) is 0 Å². The van der Waals surface area contributed by atoms with Gasteiger partial charge in [-0.15, -0.1) is 12.4 Å². The fourth-order valence-corrected chi connectivity index (χ4v) is 0.0873. The predicted octanol–water partition coefficient (Wildman–Crippen LogP) is -1.04. The molecule has 0 heterocycles. The molecule has 44 valence electrons. The van der Waals surface area contributed by atoms with Gasteiger partial charge >= 0.3 is 5.97 Å². The molecule has 0 atom stereocenters. The summed E-state index contributed by atoms with van der Waals surface area (Å²) in [6.07, 6.45) is 0. The summed E-state index contributed by atoms with van der Waals surface area (Å²) in [6, 6.07) is 0. The fourth-order valence-electron chi connectivity index (χ4n) is 0.0873. The molecule has 7 heavy (non-hydrogen) atoms. The first kappa shape index (κ1) is 9.84. The first-order chi connectivity index (χ1) is 2.77. The van der Waals surface area contributed by atoms with Crippen molar-refractivity contribution in [3.63, 3.8) is 0 Å². The van der Waals surface area contributed by atoms with Crippen LogP contribution in [0.5, 0.6) is 0 Å². The summed E-state index contributed by atoms with van der Waals surface area (Å²) in [7, 11) is 0. The number of carboxylic acid groups (broad SMARTS) is 1. The van der Waals surface area contributed by atoms with Crippen molar-refractivity contribution >= 4 is 18.4 Å². The Hall–Kier alpha value is -0.320. The van der Waals surface area contributed by atoms with Crippen LogP contribution in [0.3, 0.4) is 0 Å². The maximum atomic E-state index is 9.46. The zero-order valence-corrected chi connectivity index (χ0v) is 4.36. The number of hydrogen-bond acceptors (Lipinski definition) is 3. The molecule has 0 radical (unpaired) electrons. The topological polar surface area (TPSA) is 75.3 Å². The Morgan fingerprint density at radius 2 is 2.29 bits per heavy atom. The van der Waals surface area contributed by atoms with Crippen LogP contribution in [-0.4, -0.2) is 17.6 Å². The lowest BCUT2D eigenvalue weighted by Gasteiger charge is -1.84. The van der Waals surface area contributed by atoms with Crippen molar-refractivity contribution in [3.05, 3.63) is 0 Å². The van der Waals surface area contributed by atoms with Gasteiger partial charge in [-0.3, -0.25) is 10.6 Å². The number of hydrazine groups is 1. The Morgan fingerprint density at radius 1 is 1.86 bits per heavy atom. The Labute approximate surface area is 47.1 Å². The zero-order valence-electron chi connectivity index (χ0n) is 3.55. The van der Waals surface area contributed by atoms with Gasteiger partial charge in [-0.1, -0.05) is 0 Å². The monoisotopic (exact) mass is 126 g/mol. The van der Waals surface area contributed by atoms with E-state index >= 15 is 0 Å². The highest BCUT2D eigenvalue weighted by Crippen LogP contribution is 1.48. The van der Waals surface area contributed by atoms with Crippen LogP contribution in [0.1, 0.15) is 0 Å². The van der Waals surface area contributed by atoms with Crippen molar-refractivity contribution in [1.29, 1.82) is 0 Å². The Balaban J connectivity index is 0. The molecule has 5 heteroatoms. The molecule has 0 aromatic carbocycles. The number of nitrogens with one attached hydrogen (secondary N) is 1. The Bertz CT molecular complexity index is 57.7. The second-order valence-electron chi connectivity index (χ2n) is 0.775. The first-order valence-electron chi connectivity index (χ1n) is 1.42. The van der Waals surface area contributed by atoms with E-state index in [0.717, 1.165) is 0 Å². The van der Waals surface area contributed by atoms with E-state index in [2.05, 4.69) is 5.84 Å². The van der Waals surface area contributed by atoms with Gasteiger partial charge in [0.1, 0.15) is 6.54 Å². The maximum absolute atomic E-state index is 9.46. The van der Waals surface area contributed by atoms with Crippen LogP contribution in [0, 0.1) is 0 Å². The molecule has 0 aromatic heterocycles. The summed E-state index contributed by atoms with van der Waals surface area (Å²) >= 11 is 0. The Kier molecular flexibility index (Phi) is 7.98. The molecule has 0 aliphatic heterocycles. The van der Waals surface area contributed by atoms with Crippen LogP contribution < -0.4 is 11.3 Å². The number of rotatable bonds is 2. The van der Waals surface area contributed by atoms with Crippen molar-refractivity contribution in [3.8, 4) is 0 Å². The number of carboxylic acids is 1. The molecule has 0 saturated heterocycles. The van der Waals surface area contributed by atoms with Gasteiger partial charge < -0.3 is 5.11 Å². The van der Waals surface area contributed by atoms with Gasteiger partial charge in [0.25, 0.3) is 0 Å². The normalized spacial score (nSPS) is 7.00. The molecule has 0 aliphatic rings. The fraction of sp³-hybridized carbons (Fsp3) is 0.500. The molecule has 0 fully saturated rings. The minimum atomic E-state index is -0.947. The molecule has 0 unspecified atom stereocenters. The van der Waals surface area contributed by atoms with Crippen LogP contribution in [0.15, 0.2) is 0 Å². The molecular weight excluding hydrogens is 119 g/mol. The second kappa shape index (κ2) is 5.68. The molecule has 0 aliphatic carbocycles. The molecule has 0 saturated carbocycles. The van der Waals surface area contributed by atoms with E-state index in [4.69, 9.17) is 5.11 Å². The summed E-state index contributed by atoms with van der Waals surface area (Å²) in [5.41, 5.74) is 1.97. The van der Waals surface area contributed by atoms with E-state index in [-0.39, 0.29) is 19.0 Å². The zero-order chi connectivity index (χ0) is 4.99. The summed E-state index contributed by atoms with van der Waals surface area (Å²) in [5.74, 6) is 3.65. The highest BCUT2D eigenvalue weighted by atomic mass is 35.5. The second-order valence-corrected chi connectivity index (χ2v) is 0.775. The van der Waals surface area contributed by atoms with E-state index in [1.165, 1.54) is 0 Å². The molecule has 0 amide bonds. The minimum Gasteiger partial charge on any atom is -0.480 e. The average Bonchev–Trinajstić information content (AvgIpc) is 1.35. The summed E-state index contributed by atoms with van der Waals surface area (Å²) < 4.78 is 0. The number of hydrogen-bond donors (Lipinski definition) is 3. The van der Waals surface area contributed by atoms with E-state index in [0.29, 0.717) is 0 Å². The quantitative estimate of drug-likeness (QED) is 0.326. The maximum Gasteiger partial charge on any atom is 0.318 e. The van der Waals surface area contributed by atoms with Gasteiger partial charge in [0, 0.05) is 0 Å². The van der Waals surface area contributed by atoms with Gasteiger partial charge in [0.15, 0.2) is 0 Å². The lowest BCUT2D eigenvalue weighted by atomic mass is 10.7. The molecular formula is C2H7ClN2O2. The molecule has 0 aromatic rings. The van der Waals surface area contributed by atoms with Crippen LogP contribution in [-0.2, 0) is 4.79 Å². The SMILES string of the molecule is Cl.NNCC(=O)O.